The van der Waals surface area contributed by atoms with Crippen molar-refractivity contribution < 1.29 is 18.4 Å². The first-order valence-corrected chi connectivity index (χ1v) is 6.86. The normalized spacial score (nSPS) is 20.7. The van der Waals surface area contributed by atoms with Crippen molar-refractivity contribution in [3.05, 3.63) is 22.4 Å². The molecule has 1 aliphatic heterocycles. The molecular weight excluding hydrogens is 314 g/mol. The largest absolute Gasteiger partial charge is 0.499 e. The highest BCUT2D eigenvalue weighted by Gasteiger charge is 2.53. The van der Waals surface area contributed by atoms with Crippen LogP contribution in [0.25, 0.3) is 0 Å². The first kappa shape index (κ1) is 14.8. The van der Waals surface area contributed by atoms with E-state index in [2.05, 4.69) is 15.9 Å². The Labute approximate surface area is 121 Å². The summed E-state index contributed by atoms with van der Waals surface area (Å²) >= 11 is 3.34. The van der Waals surface area contributed by atoms with Gasteiger partial charge in [0.25, 0.3) is 0 Å². The van der Waals surface area contributed by atoms with Gasteiger partial charge in [0, 0.05) is 9.94 Å². The van der Waals surface area contributed by atoms with Crippen LogP contribution in [-0.2, 0) is 9.31 Å². The van der Waals surface area contributed by atoms with Crippen molar-refractivity contribution in [2.75, 3.05) is 7.11 Å². The second-order valence-electron chi connectivity index (χ2n) is 5.57. The van der Waals surface area contributed by atoms with E-state index in [1.165, 1.54) is 7.11 Å². The second-order valence-corrected chi connectivity index (χ2v) is 6.42. The molecule has 1 saturated heterocycles. The minimum absolute atomic E-state index is 0.174. The summed E-state index contributed by atoms with van der Waals surface area (Å²) in [6.45, 7) is 7.72. The van der Waals surface area contributed by atoms with E-state index >= 15 is 0 Å². The summed E-state index contributed by atoms with van der Waals surface area (Å²) in [6.07, 6.45) is 0. The van der Waals surface area contributed by atoms with Gasteiger partial charge in [-0.3, -0.25) is 0 Å². The zero-order valence-corrected chi connectivity index (χ0v) is 13.3. The van der Waals surface area contributed by atoms with Gasteiger partial charge < -0.3 is 14.0 Å². The Kier molecular flexibility index (Phi) is 3.71. The lowest BCUT2D eigenvalue weighted by atomic mass is 9.78. The molecule has 2 rings (SSSR count). The molecule has 0 atom stereocenters. The van der Waals surface area contributed by atoms with Crippen LogP contribution in [0.5, 0.6) is 5.75 Å². The number of benzene rings is 1. The summed E-state index contributed by atoms with van der Waals surface area (Å²) < 4.78 is 31.7. The molecule has 0 unspecified atom stereocenters. The number of halogens is 2. The molecule has 0 bridgehead atoms. The summed E-state index contributed by atoms with van der Waals surface area (Å²) in [6, 6.07) is 3.29. The molecule has 0 amide bonds. The van der Waals surface area contributed by atoms with E-state index < -0.39 is 24.1 Å². The maximum atomic E-state index is 14.4. The third kappa shape index (κ3) is 2.41. The lowest BCUT2D eigenvalue weighted by molar-refractivity contribution is 0.00578. The van der Waals surface area contributed by atoms with Crippen LogP contribution < -0.4 is 10.2 Å². The van der Waals surface area contributed by atoms with Gasteiger partial charge in [0.15, 0.2) is 11.6 Å². The average Bonchev–Trinajstić information content (AvgIpc) is 2.48. The number of ether oxygens (including phenoxy) is 1. The molecule has 6 heteroatoms. The molecule has 0 N–H and O–H groups in total. The highest BCUT2D eigenvalue weighted by Crippen LogP contribution is 2.37. The van der Waals surface area contributed by atoms with Crippen LogP contribution in [0.15, 0.2) is 16.6 Å². The lowest BCUT2D eigenvalue weighted by Crippen LogP contribution is -2.41. The van der Waals surface area contributed by atoms with Gasteiger partial charge in [-0.1, -0.05) is 15.9 Å². The molecule has 104 valence electrons. The van der Waals surface area contributed by atoms with Gasteiger partial charge in [0.2, 0.25) is 0 Å². The van der Waals surface area contributed by atoms with Crippen molar-refractivity contribution in [3.63, 3.8) is 0 Å². The highest BCUT2D eigenvalue weighted by atomic mass is 79.9. The molecule has 0 radical (unpaired) electrons. The van der Waals surface area contributed by atoms with Gasteiger partial charge in [-0.2, -0.15) is 0 Å². The first-order chi connectivity index (χ1) is 8.69. The first-order valence-electron chi connectivity index (χ1n) is 6.07. The minimum atomic E-state index is -0.755. The molecule has 0 aliphatic carbocycles. The third-order valence-electron chi connectivity index (χ3n) is 3.80. The van der Waals surface area contributed by atoms with E-state index in [4.69, 9.17) is 14.0 Å². The molecule has 0 aromatic heterocycles. The summed E-state index contributed by atoms with van der Waals surface area (Å²) in [5, 5.41) is 0. The maximum absolute atomic E-state index is 14.4. The summed E-state index contributed by atoms with van der Waals surface area (Å²) in [5.41, 5.74) is -0.683. The fourth-order valence-electron chi connectivity index (χ4n) is 1.88. The van der Waals surface area contributed by atoms with Crippen LogP contribution in [0, 0.1) is 5.82 Å². The summed E-state index contributed by atoms with van der Waals surface area (Å²) in [4.78, 5) is 0. The number of rotatable bonds is 2. The Balaban J connectivity index is 2.45. The molecule has 1 aromatic rings. The molecule has 0 saturated carbocycles. The van der Waals surface area contributed by atoms with Gasteiger partial charge in [0.1, 0.15) is 0 Å². The van der Waals surface area contributed by atoms with Crippen LogP contribution in [-0.4, -0.2) is 25.4 Å². The second kappa shape index (κ2) is 4.75. The van der Waals surface area contributed by atoms with E-state index in [0.29, 0.717) is 9.94 Å². The highest BCUT2D eigenvalue weighted by molar-refractivity contribution is 9.10. The minimum Gasteiger partial charge on any atom is -0.494 e. The van der Waals surface area contributed by atoms with Crippen LogP contribution in [0.2, 0.25) is 0 Å². The fourth-order valence-corrected chi connectivity index (χ4v) is 2.38. The van der Waals surface area contributed by atoms with Crippen molar-refractivity contribution in [2.45, 2.75) is 38.9 Å². The predicted octanol–water partition coefficient (Wildman–Crippen LogP) is 2.90. The Morgan fingerprint density at radius 1 is 1.16 bits per heavy atom. The van der Waals surface area contributed by atoms with Crippen molar-refractivity contribution in [2.24, 2.45) is 0 Å². The zero-order chi connectivity index (χ0) is 14.4. The van der Waals surface area contributed by atoms with Crippen molar-refractivity contribution >= 4 is 28.5 Å². The van der Waals surface area contributed by atoms with Crippen molar-refractivity contribution in [3.8, 4) is 5.75 Å². The molecule has 1 fully saturated rings. The van der Waals surface area contributed by atoms with Crippen LogP contribution in [0.3, 0.4) is 0 Å². The van der Waals surface area contributed by atoms with E-state index in [1.807, 2.05) is 27.7 Å². The standard InChI is InChI=1S/C13H17BBrFO3/c1-12(2)13(3,4)19-14(18-12)10-8(15)6-7-9(17-5)11(10)16/h6-7H,1-5H3. The van der Waals surface area contributed by atoms with Crippen molar-refractivity contribution in [1.82, 2.24) is 0 Å². The lowest BCUT2D eigenvalue weighted by Gasteiger charge is -2.32. The third-order valence-corrected chi connectivity index (χ3v) is 4.49. The van der Waals surface area contributed by atoms with Crippen LogP contribution in [0.4, 0.5) is 4.39 Å². The predicted molar refractivity (Wildman–Crippen MR) is 76.4 cm³/mol. The molecule has 19 heavy (non-hydrogen) atoms. The Morgan fingerprint density at radius 3 is 2.16 bits per heavy atom. The molecular formula is C13H17BBrFO3. The molecule has 3 nitrogen and oxygen atoms in total. The van der Waals surface area contributed by atoms with Gasteiger partial charge in [-0.25, -0.2) is 4.39 Å². The van der Waals surface area contributed by atoms with Gasteiger partial charge >= 0.3 is 7.12 Å². The topological polar surface area (TPSA) is 27.7 Å². The summed E-state index contributed by atoms with van der Waals surface area (Å²) in [5.74, 6) is -0.289. The molecule has 1 aromatic carbocycles. The SMILES string of the molecule is COc1ccc(Br)c(B2OC(C)(C)C(C)(C)O2)c1F. The van der Waals surface area contributed by atoms with Gasteiger partial charge in [0.05, 0.1) is 18.3 Å². The Morgan fingerprint density at radius 2 is 1.68 bits per heavy atom. The molecule has 1 heterocycles. The van der Waals surface area contributed by atoms with Gasteiger partial charge in [-0.05, 0) is 39.8 Å². The van der Waals surface area contributed by atoms with E-state index in [0.717, 1.165) is 0 Å². The molecule has 1 aliphatic rings. The number of methoxy groups -OCH3 is 1. The summed E-state index contributed by atoms with van der Waals surface area (Å²) in [7, 11) is 0.676. The monoisotopic (exact) mass is 330 g/mol. The fraction of sp³-hybridized carbons (Fsp3) is 0.538. The van der Waals surface area contributed by atoms with Gasteiger partial charge in [-0.15, -0.1) is 0 Å². The smallest absolute Gasteiger partial charge is 0.494 e. The van der Waals surface area contributed by atoms with Crippen LogP contribution >= 0.6 is 15.9 Å². The van der Waals surface area contributed by atoms with Crippen molar-refractivity contribution in [1.29, 1.82) is 0 Å². The van der Waals surface area contributed by atoms with E-state index in [9.17, 15) is 4.39 Å². The number of hydrogen-bond acceptors (Lipinski definition) is 3. The number of hydrogen-bond donors (Lipinski definition) is 0. The van der Waals surface area contributed by atoms with E-state index in [1.54, 1.807) is 12.1 Å². The quantitative estimate of drug-likeness (QED) is 0.780. The van der Waals surface area contributed by atoms with Crippen LogP contribution in [0.1, 0.15) is 27.7 Å². The average molecular weight is 331 g/mol. The maximum Gasteiger partial charge on any atom is 0.499 e. The van der Waals surface area contributed by atoms with E-state index in [-0.39, 0.29) is 5.75 Å². The molecule has 0 spiro atoms. The Hall–Kier alpha value is -0.585. The Bertz CT molecular complexity index is 489. The zero-order valence-electron chi connectivity index (χ0n) is 11.7.